The average Bonchev–Trinajstić information content (AvgIpc) is 3.14. The van der Waals surface area contributed by atoms with Crippen LogP contribution in [-0.4, -0.2) is 47.4 Å². The summed E-state index contributed by atoms with van der Waals surface area (Å²) in [6, 6.07) is 4.81. The molecule has 0 bridgehead atoms. The highest BCUT2D eigenvalue weighted by Gasteiger charge is 2.40. The molecule has 0 radical (unpaired) electrons. The molecule has 3 aliphatic heterocycles. The Balaban J connectivity index is 1.58. The van der Waals surface area contributed by atoms with Crippen molar-refractivity contribution >= 4 is 11.6 Å². The fourth-order valence-electron chi connectivity index (χ4n) is 3.84. The highest BCUT2D eigenvalue weighted by Crippen LogP contribution is 2.34. The van der Waals surface area contributed by atoms with Crippen LogP contribution in [0.1, 0.15) is 24.0 Å². The summed E-state index contributed by atoms with van der Waals surface area (Å²) in [5, 5.41) is 15.9. The number of fused-ring (bicyclic) bond motifs is 1. The van der Waals surface area contributed by atoms with Crippen LogP contribution in [0.15, 0.2) is 54.4 Å². The number of allylic oxidation sites excluding steroid dienone is 3. The number of alkyl halides is 3. The number of ether oxygens (including phenoxy) is 1. The lowest BCUT2D eigenvalue weighted by atomic mass is 9.91. The predicted molar refractivity (Wildman–Crippen MR) is 103 cm³/mol. The van der Waals surface area contributed by atoms with Gasteiger partial charge in [-0.15, -0.1) is 0 Å². The molecular weight excluding hydrogens is 399 g/mol. The number of halogens is 3. The zero-order valence-electron chi connectivity index (χ0n) is 16.1. The van der Waals surface area contributed by atoms with Gasteiger partial charge < -0.3 is 25.4 Å². The van der Waals surface area contributed by atoms with Crippen LogP contribution in [0.25, 0.3) is 5.70 Å². The molecule has 9 heteroatoms. The first-order valence-electron chi connectivity index (χ1n) is 9.65. The number of aliphatic hydroxyl groups is 1. The standard InChI is InChI=1S/C21H22F3N3O3/c22-21(23,24)15-6-4-14(5-7-15)17-16-3-1-2-10-27(16)18(25-17)19(29)26-20(13-28)8-11-30-12-9-20/h1-7,10,18,25,28H,8-9,11-13H2,(H,26,29). The summed E-state index contributed by atoms with van der Waals surface area (Å²) in [7, 11) is 0. The molecule has 3 heterocycles. The van der Waals surface area contributed by atoms with Crippen molar-refractivity contribution in [2.75, 3.05) is 19.8 Å². The number of carbonyl (C=O) groups excluding carboxylic acids is 1. The molecule has 1 unspecified atom stereocenters. The monoisotopic (exact) mass is 421 g/mol. The Kier molecular flexibility index (Phi) is 5.33. The number of nitrogens with one attached hydrogen (secondary N) is 2. The SMILES string of the molecule is O=C(NC1(CO)CCOCC1)C1NC(c2ccc(C(F)(F)F)cc2)=C2C=CC=CN21. The number of aliphatic hydroxyl groups excluding tert-OH is 1. The molecule has 6 nitrogen and oxygen atoms in total. The maximum absolute atomic E-state index is 13.1. The van der Waals surface area contributed by atoms with Crippen molar-refractivity contribution in [3.63, 3.8) is 0 Å². The molecular formula is C21H22F3N3O3. The third-order valence-electron chi connectivity index (χ3n) is 5.60. The Morgan fingerprint density at radius 2 is 1.93 bits per heavy atom. The number of rotatable bonds is 4. The van der Waals surface area contributed by atoms with Gasteiger partial charge in [0.2, 0.25) is 0 Å². The summed E-state index contributed by atoms with van der Waals surface area (Å²) in [6.45, 7) is 0.702. The van der Waals surface area contributed by atoms with Crippen LogP contribution >= 0.6 is 0 Å². The lowest BCUT2D eigenvalue weighted by Gasteiger charge is -2.38. The van der Waals surface area contributed by atoms with Gasteiger partial charge in [0.15, 0.2) is 6.17 Å². The van der Waals surface area contributed by atoms with Gasteiger partial charge in [0.25, 0.3) is 5.91 Å². The molecule has 1 fully saturated rings. The number of benzene rings is 1. The van der Waals surface area contributed by atoms with Gasteiger partial charge in [-0.25, -0.2) is 0 Å². The quantitative estimate of drug-likeness (QED) is 0.696. The van der Waals surface area contributed by atoms with E-state index in [-0.39, 0.29) is 12.5 Å². The van der Waals surface area contributed by atoms with Gasteiger partial charge in [0.1, 0.15) is 0 Å². The normalized spacial score (nSPS) is 22.7. The minimum absolute atomic E-state index is 0.198. The van der Waals surface area contributed by atoms with Crippen molar-refractivity contribution in [1.29, 1.82) is 0 Å². The molecule has 1 amide bonds. The number of carbonyl (C=O) groups is 1. The summed E-state index contributed by atoms with van der Waals surface area (Å²) in [4.78, 5) is 14.8. The van der Waals surface area contributed by atoms with E-state index in [9.17, 15) is 23.1 Å². The van der Waals surface area contributed by atoms with Gasteiger partial charge in [-0.05, 0) is 42.7 Å². The number of hydrogen-bond donors (Lipinski definition) is 3. The first-order chi connectivity index (χ1) is 14.3. The van der Waals surface area contributed by atoms with Crippen molar-refractivity contribution in [2.24, 2.45) is 0 Å². The Hall–Kier alpha value is -2.78. The van der Waals surface area contributed by atoms with E-state index in [1.807, 2.05) is 0 Å². The summed E-state index contributed by atoms with van der Waals surface area (Å²) < 4.78 is 44.0. The second-order valence-corrected chi connectivity index (χ2v) is 7.53. The fraction of sp³-hybridized carbons (Fsp3) is 0.381. The van der Waals surface area contributed by atoms with Crippen LogP contribution < -0.4 is 10.6 Å². The molecule has 1 aromatic carbocycles. The van der Waals surface area contributed by atoms with Crippen molar-refractivity contribution in [3.05, 3.63) is 65.5 Å². The lowest BCUT2D eigenvalue weighted by Crippen LogP contribution is -2.60. The molecule has 1 aromatic rings. The average molecular weight is 421 g/mol. The third kappa shape index (κ3) is 3.82. The zero-order valence-corrected chi connectivity index (χ0v) is 16.1. The molecule has 1 atom stereocenters. The first kappa shape index (κ1) is 20.5. The van der Waals surface area contributed by atoms with Crippen molar-refractivity contribution in [1.82, 2.24) is 15.5 Å². The minimum Gasteiger partial charge on any atom is -0.394 e. The molecule has 4 rings (SSSR count). The van der Waals surface area contributed by atoms with Crippen molar-refractivity contribution < 1.29 is 27.8 Å². The van der Waals surface area contributed by atoms with Gasteiger partial charge >= 0.3 is 6.18 Å². The Bertz CT molecular complexity index is 900. The smallest absolute Gasteiger partial charge is 0.394 e. The second-order valence-electron chi connectivity index (χ2n) is 7.53. The third-order valence-corrected chi connectivity index (χ3v) is 5.60. The summed E-state index contributed by atoms with van der Waals surface area (Å²) in [5.41, 5.74) is 0.312. The minimum atomic E-state index is -4.41. The van der Waals surface area contributed by atoms with E-state index in [0.29, 0.717) is 43.0 Å². The van der Waals surface area contributed by atoms with Crippen molar-refractivity contribution in [3.8, 4) is 0 Å². The Morgan fingerprint density at radius 3 is 2.57 bits per heavy atom. The maximum atomic E-state index is 13.1. The van der Waals surface area contributed by atoms with Crippen LogP contribution in [0, 0.1) is 0 Å². The number of nitrogens with zero attached hydrogens (tertiary/aromatic N) is 1. The zero-order chi connectivity index (χ0) is 21.4. The summed E-state index contributed by atoms with van der Waals surface area (Å²) in [5.74, 6) is -0.328. The van der Waals surface area contributed by atoms with E-state index in [1.165, 1.54) is 12.1 Å². The van der Waals surface area contributed by atoms with Crippen molar-refractivity contribution in [2.45, 2.75) is 30.7 Å². The molecule has 0 saturated carbocycles. The number of hydrogen-bond acceptors (Lipinski definition) is 5. The molecule has 1 saturated heterocycles. The molecule has 3 aliphatic rings. The van der Waals surface area contributed by atoms with Crippen LogP contribution in [0.5, 0.6) is 0 Å². The van der Waals surface area contributed by atoms with Gasteiger partial charge in [0, 0.05) is 19.4 Å². The molecule has 30 heavy (non-hydrogen) atoms. The predicted octanol–water partition coefficient (Wildman–Crippen LogP) is 2.35. The largest absolute Gasteiger partial charge is 0.416 e. The van der Waals surface area contributed by atoms with Crippen LogP contribution in [-0.2, 0) is 15.7 Å². The topological polar surface area (TPSA) is 73.8 Å². The van der Waals surface area contributed by atoms with Crippen LogP contribution in [0.4, 0.5) is 13.2 Å². The van der Waals surface area contributed by atoms with Gasteiger partial charge in [-0.2, -0.15) is 13.2 Å². The maximum Gasteiger partial charge on any atom is 0.416 e. The Labute approximate surface area is 171 Å². The second kappa shape index (κ2) is 7.81. The highest BCUT2D eigenvalue weighted by molar-refractivity contribution is 5.88. The van der Waals surface area contributed by atoms with E-state index in [4.69, 9.17) is 4.74 Å². The summed E-state index contributed by atoms with van der Waals surface area (Å²) >= 11 is 0. The number of amides is 1. The van der Waals surface area contributed by atoms with Gasteiger partial charge in [-0.3, -0.25) is 4.79 Å². The van der Waals surface area contributed by atoms with E-state index in [1.54, 1.807) is 29.3 Å². The molecule has 0 aliphatic carbocycles. The highest BCUT2D eigenvalue weighted by atomic mass is 19.4. The molecule has 0 spiro atoms. The molecule has 160 valence electrons. The lowest BCUT2D eigenvalue weighted by molar-refractivity contribution is -0.137. The van der Waals surface area contributed by atoms with Gasteiger partial charge in [-0.1, -0.05) is 18.2 Å². The molecule has 0 aromatic heterocycles. The Morgan fingerprint density at radius 1 is 1.23 bits per heavy atom. The molecule has 3 N–H and O–H groups in total. The van der Waals surface area contributed by atoms with Crippen LogP contribution in [0.2, 0.25) is 0 Å². The van der Waals surface area contributed by atoms with E-state index >= 15 is 0 Å². The van der Waals surface area contributed by atoms with Crippen LogP contribution in [0.3, 0.4) is 0 Å². The van der Waals surface area contributed by atoms with E-state index in [0.717, 1.165) is 12.1 Å². The van der Waals surface area contributed by atoms with E-state index in [2.05, 4.69) is 10.6 Å². The summed E-state index contributed by atoms with van der Waals surface area (Å²) in [6.07, 6.45) is 2.91. The van der Waals surface area contributed by atoms with Gasteiger partial charge in [0.05, 0.1) is 29.1 Å². The van der Waals surface area contributed by atoms with E-state index < -0.39 is 23.4 Å². The first-order valence-corrected chi connectivity index (χ1v) is 9.65. The fourth-order valence-corrected chi connectivity index (χ4v) is 3.84.